The van der Waals surface area contributed by atoms with E-state index in [1.165, 1.54) is 21.6 Å². The van der Waals surface area contributed by atoms with E-state index in [9.17, 15) is 0 Å². The average Bonchev–Trinajstić information content (AvgIpc) is 3.03. The van der Waals surface area contributed by atoms with Gasteiger partial charge >= 0.3 is 0 Å². The van der Waals surface area contributed by atoms with E-state index >= 15 is 0 Å². The quantitative estimate of drug-likeness (QED) is 0.591. The van der Waals surface area contributed by atoms with Gasteiger partial charge < -0.3 is 10.1 Å². The lowest BCUT2D eigenvalue weighted by Gasteiger charge is -2.05. The molecule has 0 fully saturated rings. The van der Waals surface area contributed by atoms with Crippen molar-refractivity contribution < 1.29 is 4.74 Å². The Hall–Kier alpha value is -2.33. The molecule has 0 aliphatic heterocycles. The number of thiazole rings is 1. The van der Waals surface area contributed by atoms with E-state index in [2.05, 4.69) is 48.6 Å². The summed E-state index contributed by atoms with van der Waals surface area (Å²) >= 11 is 1.73. The summed E-state index contributed by atoms with van der Waals surface area (Å²) in [6.07, 6.45) is 0.940. The van der Waals surface area contributed by atoms with Crippen LogP contribution in [0.2, 0.25) is 0 Å². The highest BCUT2D eigenvalue weighted by atomic mass is 32.1. The number of aromatic nitrogens is 1. The number of fused-ring (bicyclic) bond motifs is 3. The second-order valence-electron chi connectivity index (χ2n) is 5.49. The summed E-state index contributed by atoms with van der Waals surface area (Å²) in [5.74, 6) is 0.909. The predicted octanol–water partition coefficient (Wildman–Crippen LogP) is 4.77. The number of aryl methyl sites for hydroxylation is 1. The molecule has 1 N–H and O–H groups in total. The summed E-state index contributed by atoms with van der Waals surface area (Å²) in [4.78, 5) is 6.10. The highest BCUT2D eigenvalue weighted by Gasteiger charge is 2.23. The molecule has 0 bridgehead atoms. The van der Waals surface area contributed by atoms with Crippen LogP contribution in [-0.4, -0.2) is 12.1 Å². The fourth-order valence-corrected chi connectivity index (χ4v) is 3.85. The van der Waals surface area contributed by atoms with Crippen molar-refractivity contribution in [2.24, 2.45) is 0 Å². The first-order chi connectivity index (χ1) is 10.7. The van der Waals surface area contributed by atoms with Gasteiger partial charge in [-0.25, -0.2) is 4.98 Å². The fraction of sp³-hybridized carbons (Fsp3) is 0.167. The minimum absolute atomic E-state index is 0.909. The molecule has 22 heavy (non-hydrogen) atoms. The van der Waals surface area contributed by atoms with Crippen LogP contribution in [0.1, 0.15) is 16.0 Å². The summed E-state index contributed by atoms with van der Waals surface area (Å²) in [6, 6.07) is 14.6. The molecule has 1 aliphatic rings. The van der Waals surface area contributed by atoms with E-state index in [-0.39, 0.29) is 0 Å². The van der Waals surface area contributed by atoms with E-state index in [1.807, 2.05) is 6.07 Å². The number of rotatable bonds is 3. The lowest BCUT2D eigenvalue weighted by atomic mass is 10.1. The molecule has 1 aromatic heterocycles. The Balaban J connectivity index is 1.65. The Bertz CT molecular complexity index is 854. The van der Waals surface area contributed by atoms with Gasteiger partial charge in [0.15, 0.2) is 5.13 Å². The van der Waals surface area contributed by atoms with Crippen LogP contribution in [0.5, 0.6) is 5.75 Å². The largest absolute Gasteiger partial charge is 0.497 e. The van der Waals surface area contributed by atoms with E-state index in [0.29, 0.717) is 0 Å². The van der Waals surface area contributed by atoms with Gasteiger partial charge in [0.1, 0.15) is 5.75 Å². The standard InChI is InChI=1S/C18H16N2OS/c1-11-4-3-5-13(8-11)19-18-20-17-15-7-6-14(21-2)9-12(15)10-16(17)22-18/h3-9H,10H2,1-2H3,(H,19,20). The topological polar surface area (TPSA) is 34.1 Å². The van der Waals surface area contributed by atoms with Gasteiger partial charge in [-0.1, -0.05) is 12.1 Å². The van der Waals surface area contributed by atoms with Crippen LogP contribution in [-0.2, 0) is 6.42 Å². The molecule has 4 rings (SSSR count). The second kappa shape index (κ2) is 5.14. The van der Waals surface area contributed by atoms with Crippen molar-refractivity contribution in [2.45, 2.75) is 13.3 Å². The first kappa shape index (κ1) is 13.3. The van der Waals surface area contributed by atoms with Crippen LogP contribution in [0.4, 0.5) is 10.8 Å². The molecule has 2 aromatic carbocycles. The number of benzene rings is 2. The van der Waals surface area contributed by atoms with Crippen LogP contribution in [0.25, 0.3) is 11.3 Å². The highest BCUT2D eigenvalue weighted by Crippen LogP contribution is 2.42. The van der Waals surface area contributed by atoms with Gasteiger partial charge in [0.25, 0.3) is 0 Å². The smallest absolute Gasteiger partial charge is 0.187 e. The number of hydrogen-bond donors (Lipinski definition) is 1. The van der Waals surface area contributed by atoms with E-state index in [0.717, 1.165) is 28.7 Å². The maximum Gasteiger partial charge on any atom is 0.187 e. The molecule has 0 saturated carbocycles. The maximum absolute atomic E-state index is 5.30. The minimum Gasteiger partial charge on any atom is -0.497 e. The van der Waals surface area contributed by atoms with Crippen LogP contribution in [0, 0.1) is 6.92 Å². The van der Waals surface area contributed by atoms with E-state index in [4.69, 9.17) is 9.72 Å². The molecule has 1 heterocycles. The molecule has 0 spiro atoms. The maximum atomic E-state index is 5.30. The molecule has 0 saturated heterocycles. The normalized spacial score (nSPS) is 11.9. The Kier molecular flexibility index (Phi) is 3.12. The molecular formula is C18H16N2OS. The van der Waals surface area contributed by atoms with Gasteiger partial charge in [0, 0.05) is 22.5 Å². The molecular weight excluding hydrogens is 292 g/mol. The molecule has 0 atom stereocenters. The predicted molar refractivity (Wildman–Crippen MR) is 91.4 cm³/mol. The summed E-state index contributed by atoms with van der Waals surface area (Å²) in [6.45, 7) is 2.09. The van der Waals surface area contributed by atoms with Crippen LogP contribution in [0.15, 0.2) is 42.5 Å². The summed E-state index contributed by atoms with van der Waals surface area (Å²) in [5.41, 5.74) is 5.96. The van der Waals surface area contributed by atoms with Gasteiger partial charge in [0.2, 0.25) is 0 Å². The molecule has 1 aliphatic carbocycles. The molecule has 3 aromatic rings. The van der Waals surface area contributed by atoms with Gasteiger partial charge in [-0.15, -0.1) is 11.3 Å². The fourth-order valence-electron chi connectivity index (χ4n) is 2.83. The zero-order chi connectivity index (χ0) is 15.1. The number of hydrogen-bond acceptors (Lipinski definition) is 4. The molecule has 0 amide bonds. The van der Waals surface area contributed by atoms with Crippen molar-refractivity contribution in [3.63, 3.8) is 0 Å². The van der Waals surface area contributed by atoms with Crippen molar-refractivity contribution in [3.05, 3.63) is 58.5 Å². The summed E-state index contributed by atoms with van der Waals surface area (Å²) in [7, 11) is 1.70. The third kappa shape index (κ3) is 2.25. The van der Waals surface area contributed by atoms with Crippen LogP contribution < -0.4 is 10.1 Å². The van der Waals surface area contributed by atoms with E-state index in [1.54, 1.807) is 18.4 Å². The Labute approximate surface area is 133 Å². The first-order valence-corrected chi connectivity index (χ1v) is 8.05. The van der Waals surface area contributed by atoms with Crippen molar-refractivity contribution in [2.75, 3.05) is 12.4 Å². The van der Waals surface area contributed by atoms with Gasteiger partial charge in [-0.2, -0.15) is 0 Å². The van der Waals surface area contributed by atoms with Crippen molar-refractivity contribution in [3.8, 4) is 17.0 Å². The number of anilines is 2. The molecule has 4 heteroatoms. The third-order valence-electron chi connectivity index (χ3n) is 3.89. The monoisotopic (exact) mass is 308 g/mol. The van der Waals surface area contributed by atoms with Crippen molar-refractivity contribution in [1.82, 2.24) is 4.98 Å². The van der Waals surface area contributed by atoms with Gasteiger partial charge in [-0.3, -0.25) is 0 Å². The Morgan fingerprint density at radius 1 is 1.18 bits per heavy atom. The van der Waals surface area contributed by atoms with Gasteiger partial charge in [-0.05, 0) is 48.4 Å². The lowest BCUT2D eigenvalue weighted by Crippen LogP contribution is -1.90. The lowest BCUT2D eigenvalue weighted by molar-refractivity contribution is 0.414. The number of nitrogens with zero attached hydrogens (tertiary/aromatic N) is 1. The van der Waals surface area contributed by atoms with Gasteiger partial charge in [0.05, 0.1) is 12.8 Å². The van der Waals surface area contributed by atoms with Crippen molar-refractivity contribution >= 4 is 22.2 Å². The summed E-state index contributed by atoms with van der Waals surface area (Å²) < 4.78 is 5.30. The highest BCUT2D eigenvalue weighted by molar-refractivity contribution is 7.16. The minimum atomic E-state index is 0.909. The zero-order valence-corrected chi connectivity index (χ0v) is 13.3. The number of ether oxygens (including phenoxy) is 1. The van der Waals surface area contributed by atoms with Crippen molar-refractivity contribution in [1.29, 1.82) is 0 Å². The number of methoxy groups -OCH3 is 1. The Morgan fingerprint density at radius 3 is 2.91 bits per heavy atom. The zero-order valence-electron chi connectivity index (χ0n) is 12.5. The Morgan fingerprint density at radius 2 is 2.09 bits per heavy atom. The molecule has 0 radical (unpaired) electrons. The first-order valence-electron chi connectivity index (χ1n) is 7.23. The molecule has 110 valence electrons. The van der Waals surface area contributed by atoms with Crippen LogP contribution in [0.3, 0.4) is 0 Å². The third-order valence-corrected chi connectivity index (χ3v) is 4.86. The number of nitrogens with one attached hydrogen (secondary N) is 1. The SMILES string of the molecule is COc1ccc2c(c1)Cc1sc(Nc3cccc(C)c3)nc1-2. The average molecular weight is 308 g/mol. The summed E-state index contributed by atoms with van der Waals surface area (Å²) in [5, 5.41) is 4.37. The molecule has 3 nitrogen and oxygen atoms in total. The molecule has 0 unspecified atom stereocenters. The van der Waals surface area contributed by atoms with E-state index < -0.39 is 0 Å². The van der Waals surface area contributed by atoms with Crippen LogP contribution >= 0.6 is 11.3 Å². The second-order valence-corrected chi connectivity index (χ2v) is 6.57.